The first kappa shape index (κ1) is 28.8. The highest BCUT2D eigenvalue weighted by Crippen LogP contribution is 2.36. The van der Waals surface area contributed by atoms with Gasteiger partial charge in [-0.3, -0.25) is 0 Å². The van der Waals surface area contributed by atoms with Crippen molar-refractivity contribution in [3.8, 4) is 21.1 Å². The second-order valence-corrected chi connectivity index (χ2v) is 13.1. The van der Waals surface area contributed by atoms with E-state index in [1.807, 2.05) is 0 Å². The molecule has 5 rings (SSSR count). The number of unbranched alkanes of at least 4 members (excludes halogenated alkanes) is 10. The van der Waals surface area contributed by atoms with Crippen LogP contribution in [-0.4, -0.2) is 20.4 Å². The minimum Gasteiger partial charge on any atom is -0.143 e. The normalized spacial score (nSPS) is 11.7. The lowest BCUT2D eigenvalue weighted by Crippen LogP contribution is -1.85. The van der Waals surface area contributed by atoms with Crippen LogP contribution in [-0.2, 0) is 12.8 Å². The number of nitrogens with zero attached hydrogens (tertiary/aromatic N) is 4. The van der Waals surface area contributed by atoms with Gasteiger partial charge in [-0.15, -0.1) is 20.4 Å². The van der Waals surface area contributed by atoms with E-state index in [9.17, 15) is 0 Å². The molecular formula is C34H42N4S2. The molecule has 0 amide bonds. The van der Waals surface area contributed by atoms with Crippen molar-refractivity contribution in [3.63, 3.8) is 0 Å². The van der Waals surface area contributed by atoms with E-state index in [4.69, 9.17) is 0 Å². The molecule has 0 unspecified atom stereocenters. The summed E-state index contributed by atoms with van der Waals surface area (Å²) < 4.78 is 0. The summed E-state index contributed by atoms with van der Waals surface area (Å²) in [7, 11) is 0. The average molecular weight is 571 g/mol. The summed E-state index contributed by atoms with van der Waals surface area (Å²) in [6.07, 6.45) is 17.7. The molecule has 6 heteroatoms. The summed E-state index contributed by atoms with van der Waals surface area (Å²) in [5.41, 5.74) is 2.32. The highest BCUT2D eigenvalue weighted by molar-refractivity contribution is 7.15. The van der Waals surface area contributed by atoms with Crippen molar-refractivity contribution in [1.82, 2.24) is 20.4 Å². The van der Waals surface area contributed by atoms with Crippen molar-refractivity contribution in [2.24, 2.45) is 0 Å². The molecule has 0 saturated carbocycles. The summed E-state index contributed by atoms with van der Waals surface area (Å²) in [5.74, 6) is 0. The van der Waals surface area contributed by atoms with Crippen LogP contribution in [0.5, 0.6) is 0 Å². The zero-order valence-corrected chi connectivity index (χ0v) is 25.8. The van der Waals surface area contributed by atoms with Gasteiger partial charge in [0.25, 0.3) is 0 Å². The number of aromatic nitrogens is 4. The zero-order valence-electron chi connectivity index (χ0n) is 24.1. The Kier molecular flexibility index (Phi) is 10.7. The number of hydrogen-bond donors (Lipinski definition) is 0. The summed E-state index contributed by atoms with van der Waals surface area (Å²) >= 11 is 3.49. The van der Waals surface area contributed by atoms with Crippen molar-refractivity contribution in [2.45, 2.75) is 104 Å². The van der Waals surface area contributed by atoms with E-state index in [0.717, 1.165) is 38.4 Å². The highest BCUT2D eigenvalue weighted by Gasteiger charge is 2.13. The fourth-order valence-electron chi connectivity index (χ4n) is 5.46. The lowest BCUT2D eigenvalue weighted by atomic mass is 9.97. The summed E-state index contributed by atoms with van der Waals surface area (Å²) in [6, 6.07) is 17.7. The van der Waals surface area contributed by atoms with Crippen molar-refractivity contribution in [2.75, 3.05) is 0 Å². The number of hydrogen-bond acceptors (Lipinski definition) is 6. The van der Waals surface area contributed by atoms with E-state index in [2.05, 4.69) is 82.8 Å². The van der Waals surface area contributed by atoms with Crippen LogP contribution >= 0.6 is 22.7 Å². The average Bonchev–Trinajstić information content (AvgIpc) is 3.66. The van der Waals surface area contributed by atoms with Crippen molar-refractivity contribution >= 4 is 44.2 Å². The van der Waals surface area contributed by atoms with Gasteiger partial charge < -0.3 is 0 Å². The first-order chi connectivity index (χ1) is 19.8. The van der Waals surface area contributed by atoms with Gasteiger partial charge in [0.05, 0.1) is 0 Å². The van der Waals surface area contributed by atoms with Crippen molar-refractivity contribution in [1.29, 1.82) is 0 Å². The van der Waals surface area contributed by atoms with Gasteiger partial charge in [0.1, 0.15) is 20.0 Å². The maximum Gasteiger partial charge on any atom is 0.148 e. The predicted octanol–water partition coefficient (Wildman–Crippen LogP) is 10.8. The number of aryl methyl sites for hydroxylation is 2. The molecule has 0 saturated heterocycles. The van der Waals surface area contributed by atoms with Gasteiger partial charge in [-0.2, -0.15) is 0 Å². The topological polar surface area (TPSA) is 51.6 Å². The quantitative estimate of drug-likeness (QED) is 0.0874. The van der Waals surface area contributed by atoms with Crippen LogP contribution in [0.25, 0.3) is 42.7 Å². The van der Waals surface area contributed by atoms with Gasteiger partial charge in [-0.05, 0) is 40.5 Å². The van der Waals surface area contributed by atoms with Gasteiger partial charge >= 0.3 is 0 Å². The monoisotopic (exact) mass is 570 g/mol. The van der Waals surface area contributed by atoms with E-state index in [1.54, 1.807) is 22.7 Å². The largest absolute Gasteiger partial charge is 0.148 e. The van der Waals surface area contributed by atoms with E-state index in [-0.39, 0.29) is 0 Å². The SMILES string of the molecule is CCCCCCCCc1nnc(-c2ccc3ccc4c(-c5nnc(CCCCCCCC)s5)cccc4c3c2)s1. The van der Waals surface area contributed by atoms with Crippen LogP contribution in [0.1, 0.15) is 101 Å². The smallest absolute Gasteiger partial charge is 0.143 e. The summed E-state index contributed by atoms with van der Waals surface area (Å²) in [4.78, 5) is 0. The molecule has 0 atom stereocenters. The van der Waals surface area contributed by atoms with Crippen LogP contribution in [0.4, 0.5) is 0 Å². The maximum absolute atomic E-state index is 4.61. The molecule has 0 radical (unpaired) electrons. The second-order valence-electron chi connectivity index (χ2n) is 10.9. The van der Waals surface area contributed by atoms with Gasteiger partial charge in [0.15, 0.2) is 0 Å². The van der Waals surface area contributed by atoms with Crippen molar-refractivity contribution in [3.05, 3.63) is 58.5 Å². The summed E-state index contributed by atoms with van der Waals surface area (Å²) in [6.45, 7) is 4.53. The van der Waals surface area contributed by atoms with E-state index in [0.29, 0.717) is 0 Å². The van der Waals surface area contributed by atoms with Crippen molar-refractivity contribution < 1.29 is 0 Å². The fraction of sp³-hybridized carbons (Fsp3) is 0.471. The third kappa shape index (κ3) is 7.32. The molecular weight excluding hydrogens is 529 g/mol. The van der Waals surface area contributed by atoms with Crippen LogP contribution < -0.4 is 0 Å². The first-order valence-electron chi connectivity index (χ1n) is 15.4. The molecule has 5 aromatic rings. The fourth-order valence-corrected chi connectivity index (χ4v) is 7.25. The molecule has 2 aromatic heterocycles. The lowest BCUT2D eigenvalue weighted by Gasteiger charge is -2.08. The standard InChI is InChI=1S/C34H42N4S2/c1-3-5-7-9-11-13-18-31-35-37-33(39-31)26-21-20-25-22-23-28-27(30(25)24-26)16-15-17-29(28)34-38-36-32(40-34)19-14-12-10-8-6-4-2/h15-17,20-24H,3-14,18-19H2,1-2H3. The molecule has 0 fully saturated rings. The molecule has 0 aliphatic carbocycles. The minimum absolute atomic E-state index is 1.01. The predicted molar refractivity (Wildman–Crippen MR) is 173 cm³/mol. The van der Waals surface area contributed by atoms with Gasteiger partial charge in [0, 0.05) is 24.0 Å². The van der Waals surface area contributed by atoms with Crippen LogP contribution in [0, 0.1) is 0 Å². The molecule has 4 nitrogen and oxygen atoms in total. The third-order valence-electron chi connectivity index (χ3n) is 7.78. The molecule has 40 heavy (non-hydrogen) atoms. The van der Waals surface area contributed by atoms with Crippen LogP contribution in [0.15, 0.2) is 48.5 Å². The molecule has 0 spiro atoms. The molecule has 0 aliphatic rings. The molecule has 0 aliphatic heterocycles. The van der Waals surface area contributed by atoms with E-state index in [1.165, 1.54) is 104 Å². The highest BCUT2D eigenvalue weighted by atomic mass is 32.1. The Balaban J connectivity index is 1.31. The number of benzene rings is 3. The maximum atomic E-state index is 4.61. The lowest BCUT2D eigenvalue weighted by molar-refractivity contribution is 0.606. The Morgan fingerprint density at radius 3 is 1.82 bits per heavy atom. The zero-order chi connectivity index (χ0) is 27.6. The Hall–Kier alpha value is -2.70. The molecule has 0 N–H and O–H groups in total. The third-order valence-corrected chi connectivity index (χ3v) is 9.83. The number of fused-ring (bicyclic) bond motifs is 3. The van der Waals surface area contributed by atoms with Crippen LogP contribution in [0.3, 0.4) is 0 Å². The Bertz CT molecular complexity index is 1500. The first-order valence-corrected chi connectivity index (χ1v) is 17.0. The van der Waals surface area contributed by atoms with E-state index >= 15 is 0 Å². The minimum atomic E-state index is 1.01. The number of rotatable bonds is 16. The molecule has 210 valence electrons. The molecule has 2 heterocycles. The Morgan fingerprint density at radius 1 is 0.525 bits per heavy atom. The van der Waals surface area contributed by atoms with Gasteiger partial charge in [0.2, 0.25) is 0 Å². The van der Waals surface area contributed by atoms with E-state index < -0.39 is 0 Å². The molecule has 3 aromatic carbocycles. The Morgan fingerprint density at radius 2 is 1.12 bits per heavy atom. The molecule has 0 bridgehead atoms. The van der Waals surface area contributed by atoms with Gasteiger partial charge in [-0.25, -0.2) is 0 Å². The van der Waals surface area contributed by atoms with Crippen LogP contribution in [0.2, 0.25) is 0 Å². The summed E-state index contributed by atoms with van der Waals surface area (Å²) in [5, 5.41) is 27.6. The Labute approximate surface area is 247 Å². The second kappa shape index (κ2) is 14.8. The van der Waals surface area contributed by atoms with Gasteiger partial charge in [-0.1, -0.05) is 143 Å².